The molecule has 0 aliphatic rings. The molecule has 17 heavy (non-hydrogen) atoms. The van der Waals surface area contributed by atoms with E-state index in [1.54, 1.807) is 18.3 Å². The molecule has 0 saturated heterocycles. The Morgan fingerprint density at radius 2 is 2.00 bits per heavy atom. The van der Waals surface area contributed by atoms with E-state index in [-0.39, 0.29) is 0 Å². The Hall–Kier alpha value is -1.92. The molecule has 0 aliphatic carbocycles. The molecule has 0 radical (unpaired) electrons. The molecule has 0 aromatic carbocycles. The molecule has 0 fully saturated rings. The zero-order chi connectivity index (χ0) is 12.1. The average molecular weight is 230 g/mol. The van der Waals surface area contributed by atoms with E-state index >= 15 is 0 Å². The van der Waals surface area contributed by atoms with E-state index in [4.69, 9.17) is 14.8 Å². The van der Waals surface area contributed by atoms with Crippen molar-refractivity contribution < 1.29 is 14.8 Å². The number of pyridine rings is 2. The third kappa shape index (κ3) is 3.27. The van der Waals surface area contributed by atoms with Gasteiger partial charge in [-0.2, -0.15) is 0 Å². The molecular formula is C11H11BN2O3. The highest BCUT2D eigenvalue weighted by Crippen LogP contribution is 2.05. The summed E-state index contributed by atoms with van der Waals surface area (Å²) in [5.74, 6) is 0.417. The molecular weight excluding hydrogens is 219 g/mol. The van der Waals surface area contributed by atoms with Crippen LogP contribution in [0.3, 0.4) is 0 Å². The van der Waals surface area contributed by atoms with Gasteiger partial charge in [-0.1, -0.05) is 12.1 Å². The van der Waals surface area contributed by atoms with E-state index in [0.29, 0.717) is 17.9 Å². The summed E-state index contributed by atoms with van der Waals surface area (Å²) in [5, 5.41) is 17.8. The minimum absolute atomic E-state index is 0.328. The average Bonchev–Trinajstić information content (AvgIpc) is 2.38. The number of rotatable bonds is 4. The molecule has 0 saturated carbocycles. The van der Waals surface area contributed by atoms with Gasteiger partial charge in [0.1, 0.15) is 6.61 Å². The van der Waals surface area contributed by atoms with Gasteiger partial charge in [-0.25, -0.2) is 4.98 Å². The summed E-state index contributed by atoms with van der Waals surface area (Å²) in [5.41, 5.74) is 1.13. The lowest BCUT2D eigenvalue weighted by Crippen LogP contribution is -2.29. The first kappa shape index (κ1) is 11.6. The van der Waals surface area contributed by atoms with Gasteiger partial charge in [0, 0.05) is 17.9 Å². The Labute approximate surface area is 98.9 Å². The monoisotopic (exact) mass is 230 g/mol. The zero-order valence-electron chi connectivity index (χ0n) is 9.02. The second-order valence-electron chi connectivity index (χ2n) is 3.41. The van der Waals surface area contributed by atoms with Crippen molar-refractivity contribution in [3.8, 4) is 5.88 Å². The Balaban J connectivity index is 1.96. The summed E-state index contributed by atoms with van der Waals surface area (Å²) in [6, 6.07) is 8.69. The molecule has 0 bridgehead atoms. The van der Waals surface area contributed by atoms with E-state index < -0.39 is 7.12 Å². The summed E-state index contributed by atoms with van der Waals surface area (Å²) in [4.78, 5) is 8.05. The quantitative estimate of drug-likeness (QED) is 0.707. The maximum atomic E-state index is 8.89. The number of aromatic nitrogens is 2. The van der Waals surface area contributed by atoms with Gasteiger partial charge in [-0.05, 0) is 18.2 Å². The van der Waals surface area contributed by atoms with Crippen molar-refractivity contribution in [2.24, 2.45) is 0 Å². The van der Waals surface area contributed by atoms with Gasteiger partial charge in [-0.3, -0.25) is 4.98 Å². The topological polar surface area (TPSA) is 75.5 Å². The maximum absolute atomic E-state index is 8.89. The van der Waals surface area contributed by atoms with Crippen LogP contribution >= 0.6 is 0 Å². The molecule has 2 N–H and O–H groups in total. The van der Waals surface area contributed by atoms with Gasteiger partial charge in [-0.15, -0.1) is 0 Å². The van der Waals surface area contributed by atoms with Crippen LogP contribution in [0.5, 0.6) is 5.88 Å². The van der Waals surface area contributed by atoms with Crippen molar-refractivity contribution in [1.29, 1.82) is 0 Å². The fraction of sp³-hybridized carbons (Fsp3) is 0.0909. The fourth-order valence-corrected chi connectivity index (χ4v) is 1.26. The molecule has 5 nitrogen and oxygen atoms in total. The number of hydrogen-bond acceptors (Lipinski definition) is 5. The molecule has 2 aromatic rings. The largest absolute Gasteiger partial charge is 0.490 e. The van der Waals surface area contributed by atoms with E-state index in [1.807, 2.05) is 18.2 Å². The molecule has 86 valence electrons. The van der Waals surface area contributed by atoms with Gasteiger partial charge >= 0.3 is 7.12 Å². The standard InChI is InChI=1S/C11H11BN2O3/c15-12(16)9-4-5-11(14-7-9)17-8-10-3-1-2-6-13-10/h1-7,15-16H,8H2. The Morgan fingerprint density at radius 1 is 1.12 bits per heavy atom. The van der Waals surface area contributed by atoms with Crippen LogP contribution < -0.4 is 10.2 Å². The minimum atomic E-state index is -1.51. The van der Waals surface area contributed by atoms with E-state index in [1.165, 1.54) is 6.20 Å². The van der Waals surface area contributed by atoms with Crippen LogP contribution in [0.4, 0.5) is 0 Å². The van der Waals surface area contributed by atoms with Crippen LogP contribution in [0, 0.1) is 0 Å². The molecule has 2 rings (SSSR count). The van der Waals surface area contributed by atoms with Crippen LogP contribution in [0.2, 0.25) is 0 Å². The Morgan fingerprint density at radius 3 is 2.59 bits per heavy atom. The van der Waals surface area contributed by atoms with Crippen molar-refractivity contribution in [2.75, 3.05) is 0 Å². The molecule has 0 unspecified atom stereocenters. The maximum Gasteiger partial charge on any atom is 0.490 e. The summed E-state index contributed by atoms with van der Waals surface area (Å²) in [6.07, 6.45) is 3.05. The normalized spacial score (nSPS) is 10.0. The third-order valence-electron chi connectivity index (χ3n) is 2.15. The highest BCUT2D eigenvalue weighted by Gasteiger charge is 2.10. The van der Waals surface area contributed by atoms with Gasteiger partial charge in [0.05, 0.1) is 5.69 Å². The first-order valence-corrected chi connectivity index (χ1v) is 5.10. The summed E-state index contributed by atoms with van der Waals surface area (Å²) in [6.45, 7) is 0.328. The van der Waals surface area contributed by atoms with Crippen molar-refractivity contribution >= 4 is 12.6 Å². The van der Waals surface area contributed by atoms with Crippen LogP contribution in [-0.2, 0) is 6.61 Å². The highest BCUT2D eigenvalue weighted by molar-refractivity contribution is 6.58. The zero-order valence-corrected chi connectivity index (χ0v) is 9.02. The highest BCUT2D eigenvalue weighted by atomic mass is 16.5. The van der Waals surface area contributed by atoms with E-state index in [9.17, 15) is 0 Å². The molecule has 0 aliphatic heterocycles. The van der Waals surface area contributed by atoms with Gasteiger partial charge < -0.3 is 14.8 Å². The van der Waals surface area contributed by atoms with Crippen molar-refractivity contribution in [1.82, 2.24) is 9.97 Å². The van der Waals surface area contributed by atoms with Crippen molar-refractivity contribution in [3.05, 3.63) is 48.4 Å². The lowest BCUT2D eigenvalue weighted by Gasteiger charge is -2.05. The van der Waals surface area contributed by atoms with Crippen LogP contribution in [0.25, 0.3) is 0 Å². The van der Waals surface area contributed by atoms with Crippen LogP contribution in [0.15, 0.2) is 42.7 Å². The second-order valence-corrected chi connectivity index (χ2v) is 3.41. The van der Waals surface area contributed by atoms with Crippen molar-refractivity contribution in [2.45, 2.75) is 6.61 Å². The third-order valence-corrected chi connectivity index (χ3v) is 2.15. The van der Waals surface area contributed by atoms with Gasteiger partial charge in [0.2, 0.25) is 5.88 Å². The molecule has 0 atom stereocenters. The van der Waals surface area contributed by atoms with Gasteiger partial charge in [0.25, 0.3) is 0 Å². The first-order chi connectivity index (χ1) is 8.25. The Bertz CT molecular complexity index is 462. The molecule has 2 heterocycles. The predicted octanol–water partition coefficient (Wildman–Crippen LogP) is -0.265. The van der Waals surface area contributed by atoms with Crippen LogP contribution in [-0.4, -0.2) is 27.1 Å². The molecule has 0 amide bonds. The summed E-state index contributed by atoms with van der Waals surface area (Å²) < 4.78 is 5.39. The Kier molecular flexibility index (Phi) is 3.69. The smallest absolute Gasteiger partial charge is 0.471 e. The lowest BCUT2D eigenvalue weighted by atomic mass is 9.82. The SMILES string of the molecule is OB(O)c1ccc(OCc2ccccn2)nc1. The van der Waals surface area contributed by atoms with E-state index in [0.717, 1.165) is 5.69 Å². The van der Waals surface area contributed by atoms with E-state index in [2.05, 4.69) is 9.97 Å². The van der Waals surface area contributed by atoms with Crippen molar-refractivity contribution in [3.63, 3.8) is 0 Å². The van der Waals surface area contributed by atoms with Crippen LogP contribution in [0.1, 0.15) is 5.69 Å². The molecule has 6 heteroatoms. The van der Waals surface area contributed by atoms with Gasteiger partial charge in [0.15, 0.2) is 0 Å². The molecule has 0 spiro atoms. The number of ether oxygens (including phenoxy) is 1. The molecule has 2 aromatic heterocycles. The second kappa shape index (κ2) is 5.42. The number of nitrogens with zero attached hydrogens (tertiary/aromatic N) is 2. The first-order valence-electron chi connectivity index (χ1n) is 5.10. The number of hydrogen-bond donors (Lipinski definition) is 2. The fourth-order valence-electron chi connectivity index (χ4n) is 1.26. The minimum Gasteiger partial charge on any atom is -0.471 e. The predicted molar refractivity (Wildman–Crippen MR) is 62.6 cm³/mol. The summed E-state index contributed by atoms with van der Waals surface area (Å²) in [7, 11) is -1.51. The summed E-state index contributed by atoms with van der Waals surface area (Å²) >= 11 is 0. The lowest BCUT2D eigenvalue weighted by molar-refractivity contribution is 0.289.